The van der Waals surface area contributed by atoms with Crippen LogP contribution >= 0.6 is 8.58 Å². The first kappa shape index (κ1) is 15.9. The zero-order chi connectivity index (χ0) is 13.0. The normalized spacial score (nSPS) is 16.8. The molecule has 0 radical (unpaired) electrons. The van der Waals surface area contributed by atoms with Crippen molar-refractivity contribution >= 4 is 14.6 Å². The highest BCUT2D eigenvalue weighted by Gasteiger charge is 2.37. The van der Waals surface area contributed by atoms with E-state index in [4.69, 9.17) is 4.74 Å². The molecule has 0 aliphatic rings. The summed E-state index contributed by atoms with van der Waals surface area (Å²) in [5, 5.41) is -0.312. The lowest BCUT2D eigenvalue weighted by molar-refractivity contribution is -0.148. The van der Waals surface area contributed by atoms with Crippen LogP contribution in [0.1, 0.15) is 48.0 Å². The van der Waals surface area contributed by atoms with Gasteiger partial charge in [-0.2, -0.15) is 0 Å². The molecule has 0 aromatic carbocycles. The van der Waals surface area contributed by atoms with Crippen molar-refractivity contribution in [3.05, 3.63) is 0 Å². The molecule has 2 unspecified atom stereocenters. The molecule has 2 nitrogen and oxygen atoms in total. The van der Waals surface area contributed by atoms with E-state index in [1.807, 2.05) is 6.92 Å². The third-order valence-electron chi connectivity index (χ3n) is 2.43. The Balaban J connectivity index is 4.50. The smallest absolute Gasteiger partial charge is 0.315 e. The molecule has 16 heavy (non-hydrogen) atoms. The molecule has 0 rings (SSSR count). The Hall–Kier alpha value is -0.100. The van der Waals surface area contributed by atoms with Gasteiger partial charge in [0.05, 0.1) is 11.8 Å². The van der Waals surface area contributed by atoms with E-state index in [1.54, 1.807) is 0 Å². The van der Waals surface area contributed by atoms with Crippen LogP contribution < -0.4 is 0 Å². The fraction of sp³-hybridized carbons (Fsp3) is 0.923. The predicted molar refractivity (Wildman–Crippen MR) is 72.5 cm³/mol. The highest BCUT2D eigenvalue weighted by Crippen LogP contribution is 2.40. The number of carbonyl (C=O) groups is 1. The fourth-order valence-corrected chi connectivity index (χ4v) is 2.71. The van der Waals surface area contributed by atoms with Crippen molar-refractivity contribution in [1.82, 2.24) is 0 Å². The molecule has 3 heteroatoms. The van der Waals surface area contributed by atoms with Crippen LogP contribution in [0.25, 0.3) is 0 Å². The Labute approximate surface area is 102 Å². The van der Waals surface area contributed by atoms with Crippen molar-refractivity contribution in [2.75, 3.05) is 13.3 Å². The van der Waals surface area contributed by atoms with Gasteiger partial charge in [0.25, 0.3) is 0 Å². The third-order valence-corrected chi connectivity index (χ3v) is 3.92. The lowest BCUT2D eigenvalue weighted by Gasteiger charge is -2.33. The molecular formula is C13H27O2P. The SMILES string of the molecule is CPC(C)(CC(C)(C)C)C(=O)OCC(C)C. The van der Waals surface area contributed by atoms with Crippen LogP contribution in [0.5, 0.6) is 0 Å². The van der Waals surface area contributed by atoms with Crippen LogP contribution in [0.2, 0.25) is 0 Å². The second kappa shape index (κ2) is 6.00. The van der Waals surface area contributed by atoms with Crippen molar-refractivity contribution in [3.63, 3.8) is 0 Å². The Morgan fingerprint density at radius 3 is 2.06 bits per heavy atom. The van der Waals surface area contributed by atoms with Gasteiger partial charge in [-0.05, 0) is 31.3 Å². The van der Waals surface area contributed by atoms with E-state index in [-0.39, 0.29) is 16.5 Å². The van der Waals surface area contributed by atoms with Gasteiger partial charge in [0.2, 0.25) is 0 Å². The van der Waals surface area contributed by atoms with Crippen molar-refractivity contribution in [1.29, 1.82) is 0 Å². The summed E-state index contributed by atoms with van der Waals surface area (Å²) in [4.78, 5) is 12.1. The van der Waals surface area contributed by atoms with Gasteiger partial charge in [-0.3, -0.25) is 4.79 Å². The number of carbonyl (C=O) groups excluding carboxylic acids is 1. The second-order valence-corrected chi connectivity index (χ2v) is 7.92. The number of ether oxygens (including phenoxy) is 1. The van der Waals surface area contributed by atoms with E-state index >= 15 is 0 Å². The Kier molecular flexibility index (Phi) is 5.96. The van der Waals surface area contributed by atoms with Gasteiger partial charge < -0.3 is 4.74 Å². The number of rotatable bonds is 5. The van der Waals surface area contributed by atoms with E-state index in [9.17, 15) is 4.79 Å². The van der Waals surface area contributed by atoms with Crippen LogP contribution in [0.3, 0.4) is 0 Å². The summed E-state index contributed by atoms with van der Waals surface area (Å²) >= 11 is 0. The molecule has 0 aliphatic heterocycles. The minimum absolute atomic E-state index is 0.0306. The summed E-state index contributed by atoms with van der Waals surface area (Å²) in [5.74, 6) is 0.375. The third kappa shape index (κ3) is 5.84. The van der Waals surface area contributed by atoms with Crippen molar-refractivity contribution in [2.24, 2.45) is 11.3 Å². The minimum Gasteiger partial charge on any atom is -0.465 e. The molecule has 0 saturated heterocycles. The number of hydrogen-bond donors (Lipinski definition) is 0. The second-order valence-electron chi connectivity index (χ2n) is 6.31. The van der Waals surface area contributed by atoms with Gasteiger partial charge in [0.1, 0.15) is 0 Å². The molecule has 0 saturated carbocycles. The Morgan fingerprint density at radius 2 is 1.75 bits per heavy atom. The molecule has 2 atom stereocenters. The molecule has 0 amide bonds. The van der Waals surface area contributed by atoms with Gasteiger partial charge in [-0.25, -0.2) is 0 Å². The van der Waals surface area contributed by atoms with Gasteiger partial charge >= 0.3 is 5.97 Å². The van der Waals surface area contributed by atoms with E-state index in [0.29, 0.717) is 21.1 Å². The largest absolute Gasteiger partial charge is 0.465 e. The lowest BCUT2D eigenvalue weighted by Crippen LogP contribution is -2.36. The fourth-order valence-electron chi connectivity index (χ4n) is 1.72. The summed E-state index contributed by atoms with van der Waals surface area (Å²) in [5.41, 5.74) is 0.161. The van der Waals surface area contributed by atoms with E-state index in [0.717, 1.165) is 6.42 Å². The van der Waals surface area contributed by atoms with Crippen molar-refractivity contribution in [2.45, 2.75) is 53.1 Å². The maximum Gasteiger partial charge on any atom is 0.315 e. The molecule has 0 fully saturated rings. The van der Waals surface area contributed by atoms with Crippen LogP contribution in [-0.4, -0.2) is 24.4 Å². The Morgan fingerprint density at radius 1 is 1.25 bits per heavy atom. The summed E-state index contributed by atoms with van der Waals surface area (Å²) in [7, 11) is 0.585. The number of esters is 1. The first-order valence-corrected chi connectivity index (χ1v) is 7.47. The van der Waals surface area contributed by atoms with Gasteiger partial charge in [-0.1, -0.05) is 34.6 Å². The highest BCUT2D eigenvalue weighted by molar-refractivity contribution is 7.40. The molecule has 0 N–H and O–H groups in total. The maximum atomic E-state index is 12.1. The summed E-state index contributed by atoms with van der Waals surface area (Å²) < 4.78 is 5.37. The van der Waals surface area contributed by atoms with E-state index < -0.39 is 0 Å². The first-order valence-electron chi connectivity index (χ1n) is 5.97. The molecule has 96 valence electrons. The van der Waals surface area contributed by atoms with Crippen LogP contribution in [-0.2, 0) is 9.53 Å². The topological polar surface area (TPSA) is 26.3 Å². The average Bonchev–Trinajstić information content (AvgIpc) is 2.11. The molecule has 0 aromatic rings. The standard InChI is InChI=1S/C13H27O2P/c1-10(2)8-15-11(14)13(6,16-7)9-12(3,4)5/h10,16H,8-9H2,1-7H3. The Bertz CT molecular complexity index is 231. The van der Waals surface area contributed by atoms with Gasteiger partial charge in [-0.15, -0.1) is 8.58 Å². The first-order chi connectivity index (χ1) is 7.10. The molecule has 0 bridgehead atoms. The monoisotopic (exact) mass is 246 g/mol. The summed E-state index contributed by atoms with van der Waals surface area (Å²) in [6, 6.07) is 0. The van der Waals surface area contributed by atoms with Crippen LogP contribution in [0.15, 0.2) is 0 Å². The number of hydrogen-bond acceptors (Lipinski definition) is 2. The molecule has 0 aliphatic carbocycles. The maximum absolute atomic E-state index is 12.1. The predicted octanol–water partition coefficient (Wildman–Crippen LogP) is 3.69. The molecule has 0 spiro atoms. The summed E-state index contributed by atoms with van der Waals surface area (Å²) in [6.07, 6.45) is 0.881. The highest BCUT2D eigenvalue weighted by atomic mass is 31.1. The van der Waals surface area contributed by atoms with Crippen molar-refractivity contribution in [3.8, 4) is 0 Å². The van der Waals surface area contributed by atoms with Crippen molar-refractivity contribution < 1.29 is 9.53 Å². The zero-order valence-electron chi connectivity index (χ0n) is 11.8. The summed E-state index contributed by atoms with van der Waals surface area (Å²) in [6.45, 7) is 15.3. The van der Waals surface area contributed by atoms with Crippen LogP contribution in [0.4, 0.5) is 0 Å². The van der Waals surface area contributed by atoms with Crippen LogP contribution in [0, 0.1) is 11.3 Å². The van der Waals surface area contributed by atoms with E-state index in [2.05, 4.69) is 41.3 Å². The van der Waals surface area contributed by atoms with Gasteiger partial charge in [0, 0.05) is 0 Å². The zero-order valence-corrected chi connectivity index (χ0v) is 12.8. The molecular weight excluding hydrogens is 219 g/mol. The molecule has 0 aromatic heterocycles. The average molecular weight is 246 g/mol. The molecule has 0 heterocycles. The minimum atomic E-state index is -0.312. The lowest BCUT2D eigenvalue weighted by atomic mass is 9.85. The van der Waals surface area contributed by atoms with E-state index in [1.165, 1.54) is 0 Å². The quantitative estimate of drug-likeness (QED) is 0.546. The van der Waals surface area contributed by atoms with Gasteiger partial charge in [0.15, 0.2) is 0 Å².